The minimum atomic E-state index is 0.430. The van der Waals surface area contributed by atoms with Crippen LogP contribution in [0.25, 0.3) is 10.4 Å². The molecule has 0 aliphatic rings. The molecule has 0 aliphatic heterocycles. The molecule has 0 heterocycles. The highest BCUT2D eigenvalue weighted by Gasteiger charge is 2.01. The maximum absolute atomic E-state index is 10.7. The molecule has 0 N–H and O–H groups in total. The first kappa shape index (κ1) is 15.7. The molecule has 6 nitrogen and oxygen atoms in total. The molecule has 0 radical (unpaired) electrons. The van der Waals surface area contributed by atoms with Crippen LogP contribution in [0.5, 0.6) is 5.75 Å². The molecule has 0 saturated carbocycles. The second-order valence-corrected chi connectivity index (χ2v) is 4.29. The molecule has 1 aromatic carbocycles. The van der Waals surface area contributed by atoms with Crippen molar-refractivity contribution in [1.29, 1.82) is 0 Å². The van der Waals surface area contributed by atoms with Gasteiger partial charge in [0.2, 0.25) is 0 Å². The van der Waals surface area contributed by atoms with Crippen molar-refractivity contribution in [3.63, 3.8) is 0 Å². The third-order valence-electron chi connectivity index (χ3n) is 2.71. The summed E-state index contributed by atoms with van der Waals surface area (Å²) >= 11 is 0. The van der Waals surface area contributed by atoms with E-state index in [9.17, 15) is 9.59 Å². The molecule has 0 spiro atoms. The molecular formula is C14H17N3O3. The predicted molar refractivity (Wildman–Crippen MR) is 75.2 cm³/mol. The van der Waals surface area contributed by atoms with Gasteiger partial charge in [0.05, 0.1) is 6.61 Å². The van der Waals surface area contributed by atoms with Crippen molar-refractivity contribution >= 4 is 12.6 Å². The van der Waals surface area contributed by atoms with E-state index in [1.54, 1.807) is 12.1 Å². The summed E-state index contributed by atoms with van der Waals surface area (Å²) in [5.74, 6) is 0.533. The van der Waals surface area contributed by atoms with Crippen molar-refractivity contribution in [3.8, 4) is 5.75 Å². The zero-order chi connectivity index (χ0) is 14.6. The molecule has 1 aromatic rings. The Kier molecular flexibility index (Phi) is 7.53. The van der Waals surface area contributed by atoms with Crippen LogP contribution in [-0.4, -0.2) is 25.7 Å². The number of rotatable bonds is 10. The third kappa shape index (κ3) is 6.02. The number of hydrogen-bond donors (Lipinski definition) is 0. The number of hydrogen-bond acceptors (Lipinski definition) is 4. The van der Waals surface area contributed by atoms with Gasteiger partial charge in [-0.25, -0.2) is 0 Å². The lowest BCUT2D eigenvalue weighted by molar-refractivity contribution is 0.112. The molecule has 20 heavy (non-hydrogen) atoms. The van der Waals surface area contributed by atoms with E-state index in [0.29, 0.717) is 42.6 Å². The quantitative estimate of drug-likeness (QED) is 0.215. The van der Waals surface area contributed by atoms with Crippen LogP contribution in [0, 0.1) is 0 Å². The van der Waals surface area contributed by atoms with Crippen LogP contribution < -0.4 is 4.74 Å². The molecule has 0 atom stereocenters. The largest absolute Gasteiger partial charge is 0.494 e. The molecule has 0 bridgehead atoms. The Bertz CT molecular complexity index is 470. The molecule has 1 rings (SSSR count). The average Bonchev–Trinajstić information content (AvgIpc) is 2.49. The van der Waals surface area contributed by atoms with Gasteiger partial charge < -0.3 is 4.74 Å². The first-order valence-electron chi connectivity index (χ1n) is 6.49. The van der Waals surface area contributed by atoms with E-state index in [1.807, 2.05) is 0 Å². The summed E-state index contributed by atoms with van der Waals surface area (Å²) in [5, 5.41) is 3.46. The van der Waals surface area contributed by atoms with Gasteiger partial charge in [-0.3, -0.25) is 9.59 Å². The average molecular weight is 275 g/mol. The fraction of sp³-hybridized carbons (Fsp3) is 0.429. The number of unbranched alkanes of at least 4 members (excludes halogenated alkanes) is 3. The fourth-order valence-electron chi connectivity index (χ4n) is 1.74. The van der Waals surface area contributed by atoms with Crippen LogP contribution in [0.15, 0.2) is 23.3 Å². The molecule has 0 saturated heterocycles. The summed E-state index contributed by atoms with van der Waals surface area (Å²) in [7, 11) is 0. The van der Waals surface area contributed by atoms with Crippen LogP contribution in [0.1, 0.15) is 46.4 Å². The van der Waals surface area contributed by atoms with Crippen LogP contribution in [0.4, 0.5) is 0 Å². The van der Waals surface area contributed by atoms with Crippen molar-refractivity contribution in [1.82, 2.24) is 0 Å². The van der Waals surface area contributed by atoms with Crippen LogP contribution in [-0.2, 0) is 0 Å². The molecule has 0 amide bonds. The van der Waals surface area contributed by atoms with E-state index < -0.39 is 0 Å². The number of azide groups is 1. The highest BCUT2D eigenvalue weighted by Crippen LogP contribution is 2.16. The maximum Gasteiger partial charge on any atom is 0.150 e. The van der Waals surface area contributed by atoms with Gasteiger partial charge in [-0.1, -0.05) is 18.0 Å². The van der Waals surface area contributed by atoms with Gasteiger partial charge in [-0.2, -0.15) is 0 Å². The molecule has 0 aliphatic carbocycles. The Morgan fingerprint density at radius 1 is 1.05 bits per heavy atom. The van der Waals surface area contributed by atoms with Gasteiger partial charge in [-0.15, -0.1) is 0 Å². The lowest BCUT2D eigenvalue weighted by atomic mass is 10.1. The smallest absolute Gasteiger partial charge is 0.150 e. The van der Waals surface area contributed by atoms with Crippen LogP contribution >= 0.6 is 0 Å². The first-order valence-corrected chi connectivity index (χ1v) is 6.49. The molecule has 106 valence electrons. The van der Waals surface area contributed by atoms with Crippen molar-refractivity contribution in [3.05, 3.63) is 39.8 Å². The first-order chi connectivity index (χ1) is 9.80. The molecule has 6 heteroatoms. The van der Waals surface area contributed by atoms with Gasteiger partial charge in [0.15, 0.2) is 0 Å². The number of benzene rings is 1. The van der Waals surface area contributed by atoms with Gasteiger partial charge in [0.1, 0.15) is 18.3 Å². The summed E-state index contributed by atoms with van der Waals surface area (Å²) in [6, 6.07) is 4.74. The minimum absolute atomic E-state index is 0.430. The number of carbonyl (C=O) groups excluding carboxylic acids is 2. The van der Waals surface area contributed by atoms with Crippen LogP contribution in [0.3, 0.4) is 0 Å². The van der Waals surface area contributed by atoms with E-state index in [0.717, 1.165) is 25.7 Å². The standard InChI is InChI=1S/C14H17N3O3/c15-17-16-5-3-1-2-4-6-20-14-8-12(10-18)7-13(9-14)11-19/h7-11H,1-6H2. The maximum atomic E-state index is 10.7. The summed E-state index contributed by atoms with van der Waals surface area (Å²) in [4.78, 5) is 24.1. The molecule has 0 aromatic heterocycles. The summed E-state index contributed by atoms with van der Waals surface area (Å²) < 4.78 is 5.52. The normalized spacial score (nSPS) is 9.60. The predicted octanol–water partition coefficient (Wildman–Crippen LogP) is 3.56. The topological polar surface area (TPSA) is 92.1 Å². The lowest BCUT2D eigenvalue weighted by Gasteiger charge is -2.07. The molecule has 0 fully saturated rings. The Labute approximate surface area is 117 Å². The lowest BCUT2D eigenvalue weighted by Crippen LogP contribution is -1.99. The highest BCUT2D eigenvalue weighted by molar-refractivity contribution is 5.83. The van der Waals surface area contributed by atoms with Crippen molar-refractivity contribution in [2.75, 3.05) is 13.2 Å². The van der Waals surface area contributed by atoms with E-state index in [1.165, 1.54) is 6.07 Å². The van der Waals surface area contributed by atoms with Crippen molar-refractivity contribution in [2.24, 2.45) is 5.11 Å². The number of nitrogens with zero attached hydrogens (tertiary/aromatic N) is 3. The Morgan fingerprint density at radius 2 is 1.70 bits per heavy atom. The van der Waals surface area contributed by atoms with Gasteiger partial charge >= 0.3 is 0 Å². The Morgan fingerprint density at radius 3 is 2.30 bits per heavy atom. The SMILES string of the molecule is [N-]=[N+]=NCCCCCCOc1cc(C=O)cc(C=O)c1. The van der Waals surface area contributed by atoms with Crippen LogP contribution in [0.2, 0.25) is 0 Å². The number of ether oxygens (including phenoxy) is 1. The number of carbonyl (C=O) groups is 2. The zero-order valence-electron chi connectivity index (χ0n) is 11.2. The second-order valence-electron chi connectivity index (χ2n) is 4.29. The van der Waals surface area contributed by atoms with Gasteiger partial charge in [-0.05, 0) is 36.6 Å². The number of aldehydes is 2. The van der Waals surface area contributed by atoms with Gasteiger partial charge in [0, 0.05) is 22.6 Å². The van der Waals surface area contributed by atoms with Gasteiger partial charge in [0.25, 0.3) is 0 Å². The summed E-state index contributed by atoms with van der Waals surface area (Å²) in [6.07, 6.45) is 5.09. The van der Waals surface area contributed by atoms with E-state index in [2.05, 4.69) is 10.0 Å². The van der Waals surface area contributed by atoms with Crippen molar-refractivity contribution < 1.29 is 14.3 Å². The third-order valence-corrected chi connectivity index (χ3v) is 2.71. The summed E-state index contributed by atoms with van der Waals surface area (Å²) in [6.45, 7) is 1.06. The van der Waals surface area contributed by atoms with E-state index in [-0.39, 0.29) is 0 Å². The molecular weight excluding hydrogens is 258 g/mol. The highest BCUT2D eigenvalue weighted by atomic mass is 16.5. The monoisotopic (exact) mass is 275 g/mol. The zero-order valence-corrected chi connectivity index (χ0v) is 11.2. The summed E-state index contributed by atoms with van der Waals surface area (Å²) in [5.41, 5.74) is 8.97. The minimum Gasteiger partial charge on any atom is -0.494 e. The molecule has 0 unspecified atom stereocenters. The van der Waals surface area contributed by atoms with E-state index in [4.69, 9.17) is 10.3 Å². The van der Waals surface area contributed by atoms with E-state index >= 15 is 0 Å². The Hall–Kier alpha value is -2.33. The Balaban J connectivity index is 2.29. The van der Waals surface area contributed by atoms with Crippen molar-refractivity contribution in [2.45, 2.75) is 25.7 Å². The second kappa shape index (κ2) is 9.58. The fourth-order valence-corrected chi connectivity index (χ4v) is 1.74.